The second-order valence-corrected chi connectivity index (χ2v) is 8.33. The molecule has 0 spiro atoms. The minimum absolute atomic E-state index is 0.156. The number of hydrogen-bond acceptors (Lipinski definition) is 4. The Morgan fingerprint density at radius 1 is 1.29 bits per heavy atom. The summed E-state index contributed by atoms with van der Waals surface area (Å²) in [6.45, 7) is 7.70. The molecule has 2 aromatic rings. The Balaban J connectivity index is 2.01. The van der Waals surface area contributed by atoms with E-state index in [2.05, 4.69) is 46.2 Å². The number of carbonyl (C=O) groups is 1. The quantitative estimate of drug-likeness (QED) is 0.685. The third kappa shape index (κ3) is 4.38. The fourth-order valence-corrected chi connectivity index (χ4v) is 3.44. The van der Waals surface area contributed by atoms with Crippen molar-refractivity contribution in [1.29, 1.82) is 0 Å². The van der Waals surface area contributed by atoms with Crippen LogP contribution in [0.1, 0.15) is 24.3 Å². The molecule has 0 fully saturated rings. The van der Waals surface area contributed by atoms with Gasteiger partial charge in [0.15, 0.2) is 0 Å². The molecule has 0 aliphatic heterocycles. The molecule has 1 aromatic heterocycles. The van der Waals surface area contributed by atoms with Gasteiger partial charge in [0.25, 0.3) is 0 Å². The summed E-state index contributed by atoms with van der Waals surface area (Å²) >= 11 is 0.463. The second kappa shape index (κ2) is 7.70. The number of likely N-dealkylation sites (N-methyl/N-ethyl adjacent to an activating group) is 1. The molecule has 0 aliphatic rings. The van der Waals surface area contributed by atoms with Gasteiger partial charge in [0.05, 0.1) is 0 Å². The van der Waals surface area contributed by atoms with Crippen molar-refractivity contribution >= 4 is 43.0 Å². The molecule has 1 heterocycles. The Morgan fingerprint density at radius 2 is 2.05 bits per heavy atom. The molecule has 0 bridgehead atoms. The zero-order valence-corrected chi connectivity index (χ0v) is 18.6. The van der Waals surface area contributed by atoms with Crippen LogP contribution in [0.3, 0.4) is 0 Å². The molecule has 0 aliphatic carbocycles. The van der Waals surface area contributed by atoms with E-state index < -0.39 is 0 Å². The van der Waals surface area contributed by atoms with Crippen LogP contribution in [0.15, 0.2) is 24.4 Å². The average molecular weight is 393 g/mol. The Morgan fingerprint density at radius 3 is 2.76 bits per heavy atom. The van der Waals surface area contributed by atoms with Crippen LogP contribution >= 0.6 is 0 Å². The zero-order valence-electron chi connectivity index (χ0n) is 12.9. The number of benzene rings is 1. The standard InChI is InChI=1S/C15H19N4O.Sn.3H/c1-3-19(4-2)10-9-16-15(20)14-11-17-12-7-5-6-8-13(12)18-14;;;;/h6-8,11H,3-4,9-10H2,1-2H3,(H,16,20);;;;. The first-order valence-corrected chi connectivity index (χ1v) is 10.2. The van der Waals surface area contributed by atoms with Crippen LogP contribution in [0.2, 0.25) is 0 Å². The SMILES string of the molecule is CCN(CC)CCNC(=O)c1cnc2c[c]([SnH3])ccc2n1. The number of amides is 1. The van der Waals surface area contributed by atoms with Crippen molar-refractivity contribution in [1.82, 2.24) is 20.2 Å². The number of rotatable bonds is 6. The van der Waals surface area contributed by atoms with Crippen LogP contribution in [0, 0.1) is 0 Å². The van der Waals surface area contributed by atoms with Gasteiger partial charge in [0, 0.05) is 0 Å². The number of fused-ring (bicyclic) bond motifs is 1. The van der Waals surface area contributed by atoms with Crippen molar-refractivity contribution in [2.75, 3.05) is 26.2 Å². The van der Waals surface area contributed by atoms with Gasteiger partial charge >= 0.3 is 124 Å². The zero-order chi connectivity index (χ0) is 15.2. The normalized spacial score (nSPS) is 11.2. The van der Waals surface area contributed by atoms with Crippen LogP contribution in [-0.4, -0.2) is 69.5 Å². The molecule has 0 saturated carbocycles. The summed E-state index contributed by atoms with van der Waals surface area (Å²) in [5.41, 5.74) is 2.03. The number of nitrogens with one attached hydrogen (secondary N) is 1. The monoisotopic (exact) mass is 394 g/mol. The van der Waals surface area contributed by atoms with Crippen LogP contribution < -0.4 is 8.90 Å². The summed E-state index contributed by atoms with van der Waals surface area (Å²) < 4.78 is 1.34. The summed E-state index contributed by atoms with van der Waals surface area (Å²) in [6.07, 6.45) is 1.56. The van der Waals surface area contributed by atoms with E-state index in [9.17, 15) is 4.79 Å². The molecular weight excluding hydrogens is 371 g/mol. The van der Waals surface area contributed by atoms with Gasteiger partial charge in [0.1, 0.15) is 0 Å². The van der Waals surface area contributed by atoms with Crippen molar-refractivity contribution in [3.8, 4) is 0 Å². The molecule has 6 heteroatoms. The first kappa shape index (κ1) is 16.2. The van der Waals surface area contributed by atoms with E-state index in [4.69, 9.17) is 0 Å². The van der Waals surface area contributed by atoms with Crippen LogP contribution in [-0.2, 0) is 0 Å². The summed E-state index contributed by atoms with van der Waals surface area (Å²) in [6, 6.07) is 6.07. The minimum atomic E-state index is -0.156. The molecule has 1 amide bonds. The van der Waals surface area contributed by atoms with Crippen molar-refractivity contribution in [2.45, 2.75) is 13.8 Å². The third-order valence-corrected chi connectivity index (χ3v) is 5.31. The van der Waals surface area contributed by atoms with E-state index >= 15 is 0 Å². The summed E-state index contributed by atoms with van der Waals surface area (Å²) in [5.74, 6) is -0.156. The van der Waals surface area contributed by atoms with E-state index in [1.54, 1.807) is 6.20 Å². The molecule has 21 heavy (non-hydrogen) atoms. The molecule has 0 atom stereocenters. The first-order valence-electron chi connectivity index (χ1n) is 7.38. The summed E-state index contributed by atoms with van der Waals surface area (Å²) in [7, 11) is 0. The van der Waals surface area contributed by atoms with Crippen molar-refractivity contribution in [3.05, 3.63) is 30.1 Å². The molecule has 1 N–H and O–H groups in total. The predicted octanol–water partition coefficient (Wildman–Crippen LogP) is -0.308. The number of carbonyl (C=O) groups excluding carboxylic acids is 1. The summed E-state index contributed by atoms with van der Waals surface area (Å²) in [4.78, 5) is 23.1. The predicted molar refractivity (Wildman–Crippen MR) is 89.2 cm³/mol. The second-order valence-electron chi connectivity index (χ2n) is 5.03. The molecule has 1 aromatic carbocycles. The first-order chi connectivity index (χ1) is 10.1. The molecule has 112 valence electrons. The number of hydrogen-bond donors (Lipinski definition) is 1. The summed E-state index contributed by atoms with van der Waals surface area (Å²) in [5, 5.41) is 2.90. The molecule has 0 radical (unpaired) electrons. The van der Waals surface area contributed by atoms with Crippen LogP contribution in [0.25, 0.3) is 11.0 Å². The van der Waals surface area contributed by atoms with Crippen molar-refractivity contribution in [2.24, 2.45) is 0 Å². The van der Waals surface area contributed by atoms with Gasteiger partial charge in [0.2, 0.25) is 0 Å². The van der Waals surface area contributed by atoms with Crippen LogP contribution in [0.5, 0.6) is 0 Å². The Bertz CT molecular complexity index is 628. The number of nitrogens with zero attached hydrogens (tertiary/aromatic N) is 3. The van der Waals surface area contributed by atoms with E-state index in [-0.39, 0.29) is 5.91 Å². The van der Waals surface area contributed by atoms with E-state index in [1.807, 2.05) is 6.07 Å². The van der Waals surface area contributed by atoms with Crippen molar-refractivity contribution < 1.29 is 4.79 Å². The molecule has 2 rings (SSSR count). The van der Waals surface area contributed by atoms with Gasteiger partial charge in [-0.25, -0.2) is 0 Å². The Hall–Kier alpha value is -1.21. The van der Waals surface area contributed by atoms with Gasteiger partial charge in [-0.3, -0.25) is 0 Å². The van der Waals surface area contributed by atoms with E-state index in [0.717, 1.165) is 30.7 Å². The fraction of sp³-hybridized carbons (Fsp3) is 0.400. The topological polar surface area (TPSA) is 58.1 Å². The Kier molecular flexibility index (Phi) is 5.93. The van der Waals surface area contributed by atoms with Gasteiger partial charge in [-0.15, -0.1) is 0 Å². The third-order valence-electron chi connectivity index (χ3n) is 3.54. The maximum atomic E-state index is 12.1. The number of aromatic nitrogens is 2. The van der Waals surface area contributed by atoms with Gasteiger partial charge in [-0.05, 0) is 0 Å². The molecule has 0 saturated heterocycles. The van der Waals surface area contributed by atoms with Crippen LogP contribution in [0.4, 0.5) is 0 Å². The molecular formula is C15H22N4OSn. The average Bonchev–Trinajstić information content (AvgIpc) is 2.50. The fourth-order valence-electron chi connectivity index (χ4n) is 2.19. The van der Waals surface area contributed by atoms with Gasteiger partial charge < -0.3 is 0 Å². The van der Waals surface area contributed by atoms with E-state index in [1.165, 1.54) is 3.58 Å². The van der Waals surface area contributed by atoms with Gasteiger partial charge in [-0.2, -0.15) is 0 Å². The van der Waals surface area contributed by atoms with E-state index in [0.29, 0.717) is 34.8 Å². The molecule has 5 nitrogen and oxygen atoms in total. The van der Waals surface area contributed by atoms with Crippen molar-refractivity contribution in [3.63, 3.8) is 0 Å². The Labute approximate surface area is 138 Å². The molecule has 0 unspecified atom stereocenters. The maximum absolute atomic E-state index is 12.1. The van der Waals surface area contributed by atoms with Gasteiger partial charge in [-0.1, -0.05) is 13.8 Å².